The van der Waals surface area contributed by atoms with Crippen molar-refractivity contribution in [2.45, 2.75) is 6.42 Å². The number of carbonyl (C=O) groups excluding carboxylic acids is 1. The van der Waals surface area contributed by atoms with Crippen molar-refractivity contribution in [3.8, 4) is 11.5 Å². The van der Waals surface area contributed by atoms with Crippen LogP contribution in [-0.2, 0) is 11.2 Å². The predicted octanol–water partition coefficient (Wildman–Crippen LogP) is 6.86. The Kier molecular flexibility index (Phi) is 7.83. The van der Waals surface area contributed by atoms with Gasteiger partial charge in [-0.1, -0.05) is 47.5 Å². The average molecular weight is 513 g/mol. The average Bonchev–Trinajstić information content (AvgIpc) is 3.13. The van der Waals surface area contributed by atoms with E-state index < -0.39 is 0 Å². The molecule has 0 unspecified atom stereocenters. The molecule has 3 aromatic rings. The van der Waals surface area contributed by atoms with E-state index in [1.165, 1.54) is 11.8 Å². The number of thioether (sulfide) groups is 1. The molecule has 4 rings (SSSR count). The second-order valence-electron chi connectivity index (χ2n) is 7.43. The Morgan fingerprint density at radius 1 is 0.971 bits per heavy atom. The maximum atomic E-state index is 13.3. The summed E-state index contributed by atoms with van der Waals surface area (Å²) in [6.45, 7) is 0.485. The van der Waals surface area contributed by atoms with Crippen LogP contribution in [0.1, 0.15) is 11.1 Å². The molecule has 5 nitrogen and oxygen atoms in total. The molecular formula is C26H22Cl2N2O3S. The van der Waals surface area contributed by atoms with Crippen LogP contribution in [0.5, 0.6) is 11.5 Å². The van der Waals surface area contributed by atoms with Crippen LogP contribution < -0.4 is 9.47 Å². The molecule has 34 heavy (non-hydrogen) atoms. The zero-order valence-electron chi connectivity index (χ0n) is 18.6. The van der Waals surface area contributed by atoms with Crippen molar-refractivity contribution in [1.29, 1.82) is 0 Å². The van der Waals surface area contributed by atoms with E-state index in [9.17, 15) is 4.79 Å². The number of aliphatic imine (C=N–C) groups is 1. The smallest absolute Gasteiger partial charge is 0.266 e. The summed E-state index contributed by atoms with van der Waals surface area (Å²) in [5.74, 6) is 1.27. The Morgan fingerprint density at radius 3 is 2.35 bits per heavy atom. The molecule has 1 aliphatic heterocycles. The zero-order chi connectivity index (χ0) is 24.1. The Balaban J connectivity index is 1.62. The van der Waals surface area contributed by atoms with Crippen LogP contribution in [0.2, 0.25) is 10.0 Å². The summed E-state index contributed by atoms with van der Waals surface area (Å²) >= 11 is 13.6. The fourth-order valence-corrected chi connectivity index (χ4v) is 4.77. The Hall–Kier alpha value is -2.93. The molecule has 0 saturated carbocycles. The Labute approximate surface area is 213 Å². The molecular weight excluding hydrogens is 491 g/mol. The van der Waals surface area contributed by atoms with Crippen LogP contribution in [0, 0.1) is 0 Å². The van der Waals surface area contributed by atoms with Gasteiger partial charge >= 0.3 is 0 Å². The topological polar surface area (TPSA) is 51.1 Å². The number of amidine groups is 1. The number of rotatable bonds is 7. The van der Waals surface area contributed by atoms with Crippen molar-refractivity contribution in [3.63, 3.8) is 0 Å². The van der Waals surface area contributed by atoms with Crippen LogP contribution >= 0.6 is 35.0 Å². The monoisotopic (exact) mass is 512 g/mol. The molecule has 1 saturated heterocycles. The van der Waals surface area contributed by atoms with E-state index in [4.69, 9.17) is 37.7 Å². The molecule has 0 spiro atoms. The Morgan fingerprint density at radius 2 is 1.71 bits per heavy atom. The normalized spacial score (nSPS) is 15.9. The lowest BCUT2D eigenvalue weighted by atomic mass is 10.1. The molecule has 3 aromatic carbocycles. The number of hydrogen-bond donors (Lipinski definition) is 0. The number of ether oxygens (including phenoxy) is 2. The molecule has 1 heterocycles. The second kappa shape index (κ2) is 11.0. The van der Waals surface area contributed by atoms with E-state index in [2.05, 4.69) is 0 Å². The first-order valence-corrected chi connectivity index (χ1v) is 12.1. The maximum Gasteiger partial charge on any atom is 0.266 e. The van der Waals surface area contributed by atoms with Crippen molar-refractivity contribution in [2.24, 2.45) is 4.99 Å². The van der Waals surface area contributed by atoms with Crippen LogP contribution in [0.25, 0.3) is 6.08 Å². The van der Waals surface area contributed by atoms with Gasteiger partial charge in [0.05, 0.1) is 29.8 Å². The summed E-state index contributed by atoms with van der Waals surface area (Å²) < 4.78 is 10.5. The van der Waals surface area contributed by atoms with E-state index >= 15 is 0 Å². The molecule has 0 atom stereocenters. The lowest BCUT2D eigenvalue weighted by molar-refractivity contribution is -0.122. The molecule has 1 amide bonds. The summed E-state index contributed by atoms with van der Waals surface area (Å²) in [6, 6.07) is 20.5. The molecule has 0 bridgehead atoms. The fourth-order valence-electron chi connectivity index (χ4n) is 3.37. The van der Waals surface area contributed by atoms with E-state index in [1.54, 1.807) is 43.4 Å². The van der Waals surface area contributed by atoms with Crippen LogP contribution in [0.15, 0.2) is 76.6 Å². The quantitative estimate of drug-likeness (QED) is 0.324. The highest BCUT2D eigenvalue weighted by molar-refractivity contribution is 8.18. The summed E-state index contributed by atoms with van der Waals surface area (Å²) in [5, 5.41) is 1.70. The number of benzene rings is 3. The third-order valence-corrected chi connectivity index (χ3v) is 6.75. The van der Waals surface area contributed by atoms with Gasteiger partial charge in [-0.05, 0) is 77.9 Å². The van der Waals surface area contributed by atoms with Gasteiger partial charge in [-0.2, -0.15) is 0 Å². The first-order chi connectivity index (χ1) is 16.5. The number of hydrogen-bond acceptors (Lipinski definition) is 5. The van der Waals surface area contributed by atoms with Crippen molar-refractivity contribution >= 4 is 57.8 Å². The standard InChI is InChI=1S/C26H22Cl2N2O3S/c1-32-21-10-5-17(6-11-21)13-14-30-25(31)24(15-18-3-7-19(27)8-4-18)34-26(30)29-20-9-12-23(33-2)22(28)16-20/h3-12,15-16H,13-14H2,1-2H3. The number of amides is 1. The van der Waals surface area contributed by atoms with Crippen LogP contribution in [0.3, 0.4) is 0 Å². The summed E-state index contributed by atoms with van der Waals surface area (Å²) in [5.41, 5.74) is 2.63. The van der Waals surface area contributed by atoms with Gasteiger partial charge in [0, 0.05) is 11.6 Å². The third-order valence-electron chi connectivity index (χ3n) is 5.20. The molecule has 8 heteroatoms. The molecule has 0 aliphatic carbocycles. The number of methoxy groups -OCH3 is 2. The first-order valence-electron chi connectivity index (χ1n) is 10.5. The fraction of sp³-hybridized carbons (Fsp3) is 0.154. The van der Waals surface area contributed by atoms with Crippen molar-refractivity contribution in [3.05, 3.63) is 92.8 Å². The minimum Gasteiger partial charge on any atom is -0.497 e. The minimum atomic E-state index is -0.0909. The zero-order valence-corrected chi connectivity index (χ0v) is 21.0. The molecule has 0 radical (unpaired) electrons. The van der Waals surface area contributed by atoms with Gasteiger partial charge in [0.1, 0.15) is 11.5 Å². The van der Waals surface area contributed by atoms with E-state index in [1.807, 2.05) is 48.5 Å². The van der Waals surface area contributed by atoms with Crippen LogP contribution in [0.4, 0.5) is 5.69 Å². The highest BCUT2D eigenvalue weighted by atomic mass is 35.5. The molecule has 0 N–H and O–H groups in total. The number of nitrogens with zero attached hydrogens (tertiary/aromatic N) is 2. The summed E-state index contributed by atoms with van der Waals surface area (Å²) in [7, 11) is 3.20. The highest BCUT2D eigenvalue weighted by Gasteiger charge is 2.33. The predicted molar refractivity (Wildman–Crippen MR) is 141 cm³/mol. The molecule has 0 aromatic heterocycles. The number of carbonyl (C=O) groups is 1. The van der Waals surface area contributed by atoms with Crippen molar-refractivity contribution in [1.82, 2.24) is 4.90 Å². The summed E-state index contributed by atoms with van der Waals surface area (Å²) in [6.07, 6.45) is 2.53. The molecule has 174 valence electrons. The van der Waals surface area contributed by atoms with Gasteiger partial charge in [0.15, 0.2) is 5.17 Å². The van der Waals surface area contributed by atoms with E-state index in [0.717, 1.165) is 16.9 Å². The van der Waals surface area contributed by atoms with Gasteiger partial charge in [-0.25, -0.2) is 4.99 Å². The van der Waals surface area contributed by atoms with Crippen LogP contribution in [-0.4, -0.2) is 36.7 Å². The Bertz CT molecular complexity index is 1240. The third kappa shape index (κ3) is 5.76. The lowest BCUT2D eigenvalue weighted by Crippen LogP contribution is -2.31. The number of halogens is 2. The van der Waals surface area contributed by atoms with Gasteiger partial charge in [-0.15, -0.1) is 0 Å². The first kappa shape index (κ1) is 24.2. The second-order valence-corrected chi connectivity index (χ2v) is 9.28. The lowest BCUT2D eigenvalue weighted by Gasteiger charge is -2.16. The maximum absolute atomic E-state index is 13.3. The van der Waals surface area contributed by atoms with Gasteiger partial charge < -0.3 is 9.47 Å². The van der Waals surface area contributed by atoms with Crippen molar-refractivity contribution < 1.29 is 14.3 Å². The minimum absolute atomic E-state index is 0.0909. The summed E-state index contributed by atoms with van der Waals surface area (Å²) in [4.78, 5) is 20.4. The van der Waals surface area contributed by atoms with Crippen molar-refractivity contribution in [2.75, 3.05) is 20.8 Å². The van der Waals surface area contributed by atoms with Gasteiger partial charge in [0.25, 0.3) is 5.91 Å². The largest absolute Gasteiger partial charge is 0.497 e. The van der Waals surface area contributed by atoms with Gasteiger partial charge in [-0.3, -0.25) is 9.69 Å². The SMILES string of the molecule is COc1ccc(CCN2C(=O)C(=Cc3ccc(Cl)cc3)SC2=Nc2ccc(OC)c(Cl)c2)cc1. The highest BCUT2D eigenvalue weighted by Crippen LogP contribution is 2.36. The molecule has 1 aliphatic rings. The van der Waals surface area contributed by atoms with E-state index in [0.29, 0.717) is 44.5 Å². The molecule has 1 fully saturated rings. The van der Waals surface area contributed by atoms with Gasteiger partial charge in [0.2, 0.25) is 0 Å². The van der Waals surface area contributed by atoms with E-state index in [-0.39, 0.29) is 5.91 Å².